The summed E-state index contributed by atoms with van der Waals surface area (Å²) in [4.78, 5) is 12.1. The van der Waals surface area contributed by atoms with E-state index in [4.69, 9.17) is 11.6 Å². The summed E-state index contributed by atoms with van der Waals surface area (Å²) in [5.74, 6) is -1.12. The lowest BCUT2D eigenvalue weighted by Crippen LogP contribution is -2.35. The monoisotopic (exact) mass is 411 g/mol. The zero-order valence-electron chi connectivity index (χ0n) is 13.9. The Balaban J connectivity index is 1.94. The maximum absolute atomic E-state index is 12.7. The third-order valence-corrected chi connectivity index (χ3v) is 7.87. The molecule has 8 heteroatoms. The molecule has 1 saturated heterocycles. The number of carbonyl (C=O) groups is 1. The van der Waals surface area contributed by atoms with Crippen molar-refractivity contribution in [3.8, 4) is 0 Å². The van der Waals surface area contributed by atoms with Crippen LogP contribution in [-0.4, -0.2) is 36.9 Å². The highest BCUT2D eigenvalue weighted by atomic mass is 35.5. The van der Waals surface area contributed by atoms with Crippen molar-refractivity contribution in [2.24, 2.45) is 0 Å². The van der Waals surface area contributed by atoms with Gasteiger partial charge in [0.1, 0.15) is 4.21 Å². The Morgan fingerprint density at radius 2 is 1.88 bits per heavy atom. The average molecular weight is 412 g/mol. The van der Waals surface area contributed by atoms with Gasteiger partial charge in [0, 0.05) is 23.0 Å². The average Bonchev–Trinajstić information content (AvgIpc) is 3.11. The number of hydrogen-bond acceptors (Lipinski definition) is 4. The van der Waals surface area contributed by atoms with E-state index in [1.54, 1.807) is 30.3 Å². The number of aliphatic carboxylic acids is 1. The number of rotatable bonds is 5. The Kier molecular flexibility index (Phi) is 5.82. The molecule has 1 aliphatic heterocycles. The van der Waals surface area contributed by atoms with E-state index >= 15 is 0 Å². The Hall–Kier alpha value is -1.67. The van der Waals surface area contributed by atoms with Crippen LogP contribution in [0.15, 0.2) is 40.6 Å². The molecule has 0 radical (unpaired) electrons. The highest BCUT2D eigenvalue weighted by Gasteiger charge is 2.28. The lowest BCUT2D eigenvalue weighted by molar-refractivity contribution is -0.130. The fourth-order valence-electron chi connectivity index (χ4n) is 2.84. The maximum Gasteiger partial charge on any atom is 0.337 e. The predicted molar refractivity (Wildman–Crippen MR) is 104 cm³/mol. The van der Waals surface area contributed by atoms with Gasteiger partial charge in [-0.25, -0.2) is 13.2 Å². The van der Waals surface area contributed by atoms with Gasteiger partial charge in [0.05, 0.1) is 5.57 Å². The first kappa shape index (κ1) is 19.1. The van der Waals surface area contributed by atoms with Gasteiger partial charge in [-0.1, -0.05) is 30.2 Å². The number of halogens is 1. The van der Waals surface area contributed by atoms with Crippen molar-refractivity contribution >= 4 is 50.6 Å². The van der Waals surface area contributed by atoms with E-state index in [1.165, 1.54) is 16.4 Å². The highest BCUT2D eigenvalue weighted by molar-refractivity contribution is 7.91. The summed E-state index contributed by atoms with van der Waals surface area (Å²) < 4.78 is 27.1. The summed E-state index contributed by atoms with van der Waals surface area (Å²) in [5.41, 5.74) is 0.682. The topological polar surface area (TPSA) is 74.7 Å². The van der Waals surface area contributed by atoms with Crippen LogP contribution in [0, 0.1) is 0 Å². The van der Waals surface area contributed by atoms with Crippen molar-refractivity contribution in [1.29, 1.82) is 0 Å². The fourth-order valence-corrected chi connectivity index (χ4v) is 6.02. The van der Waals surface area contributed by atoms with Crippen LogP contribution >= 0.6 is 22.9 Å². The van der Waals surface area contributed by atoms with Crippen LogP contribution in [0.4, 0.5) is 0 Å². The predicted octanol–water partition coefficient (Wildman–Crippen LogP) is 4.20. The van der Waals surface area contributed by atoms with Crippen molar-refractivity contribution in [3.63, 3.8) is 0 Å². The maximum atomic E-state index is 12.7. The normalized spacial score (nSPS) is 16.6. The van der Waals surface area contributed by atoms with E-state index < -0.39 is 16.0 Å². The number of thiophene rings is 1. The number of nitrogens with zero attached hydrogens (tertiary/aromatic N) is 1. The Morgan fingerprint density at radius 3 is 2.54 bits per heavy atom. The van der Waals surface area contributed by atoms with E-state index in [0.29, 0.717) is 28.6 Å². The highest BCUT2D eigenvalue weighted by Crippen LogP contribution is 2.32. The quantitative estimate of drug-likeness (QED) is 0.748. The number of piperidine rings is 1. The second-order valence-corrected chi connectivity index (χ2v) is 9.69. The number of carboxylic acids is 1. The molecule has 0 saturated carbocycles. The second-order valence-electron chi connectivity index (χ2n) is 6.00. The summed E-state index contributed by atoms with van der Waals surface area (Å²) in [6.45, 7) is 1.03. The summed E-state index contributed by atoms with van der Waals surface area (Å²) in [6, 6.07) is 9.87. The SMILES string of the molecule is O=C(O)/C(=C/c1cccc(Cl)c1)c1ccc(S(=O)(=O)N2CCCCC2)s1. The summed E-state index contributed by atoms with van der Waals surface area (Å²) in [5, 5.41) is 10.1. The Bertz CT molecular complexity index is 944. The molecule has 2 aromatic rings. The summed E-state index contributed by atoms with van der Waals surface area (Å²) in [6.07, 6.45) is 4.24. The van der Waals surface area contributed by atoms with E-state index in [0.717, 1.165) is 30.6 Å². The van der Waals surface area contributed by atoms with Crippen LogP contribution in [0.2, 0.25) is 5.02 Å². The minimum absolute atomic E-state index is 0.0392. The molecular weight excluding hydrogens is 394 g/mol. The molecule has 1 aromatic carbocycles. The first-order valence-corrected chi connectivity index (χ1v) is 10.8. The molecule has 138 valence electrons. The van der Waals surface area contributed by atoms with Crippen LogP contribution in [-0.2, 0) is 14.8 Å². The zero-order valence-corrected chi connectivity index (χ0v) is 16.3. The minimum Gasteiger partial charge on any atom is -0.478 e. The van der Waals surface area contributed by atoms with Crippen molar-refractivity contribution < 1.29 is 18.3 Å². The van der Waals surface area contributed by atoms with Gasteiger partial charge in [0.15, 0.2) is 0 Å². The lowest BCUT2D eigenvalue weighted by atomic mass is 10.1. The van der Waals surface area contributed by atoms with Gasteiger partial charge < -0.3 is 5.11 Å². The van der Waals surface area contributed by atoms with Crippen molar-refractivity contribution in [3.05, 3.63) is 51.9 Å². The number of sulfonamides is 1. The molecule has 0 amide bonds. The molecule has 1 aliphatic rings. The van der Waals surface area contributed by atoms with Gasteiger partial charge in [-0.05, 0) is 48.7 Å². The van der Waals surface area contributed by atoms with Gasteiger partial charge in [-0.3, -0.25) is 0 Å². The van der Waals surface area contributed by atoms with E-state index in [9.17, 15) is 18.3 Å². The lowest BCUT2D eigenvalue weighted by Gasteiger charge is -2.25. The number of carboxylic acid groups (broad SMARTS) is 1. The van der Waals surface area contributed by atoms with Gasteiger partial charge in [0.2, 0.25) is 0 Å². The number of benzene rings is 1. The number of hydrogen-bond donors (Lipinski definition) is 1. The van der Waals surface area contributed by atoms with Gasteiger partial charge in [0.25, 0.3) is 10.0 Å². The molecule has 5 nitrogen and oxygen atoms in total. The molecule has 2 heterocycles. The second kappa shape index (κ2) is 7.92. The molecular formula is C18H18ClNO4S2. The van der Waals surface area contributed by atoms with Gasteiger partial charge >= 0.3 is 5.97 Å². The van der Waals surface area contributed by atoms with Crippen LogP contribution in [0.5, 0.6) is 0 Å². The molecule has 1 fully saturated rings. The molecule has 0 unspecified atom stereocenters. The van der Waals surface area contributed by atoms with Gasteiger partial charge in [-0.15, -0.1) is 11.3 Å². The molecule has 1 N–H and O–H groups in total. The third-order valence-electron chi connectivity index (χ3n) is 4.15. The molecule has 0 spiro atoms. The molecule has 0 aliphatic carbocycles. The van der Waals surface area contributed by atoms with Crippen LogP contribution < -0.4 is 0 Å². The standard InChI is InChI=1S/C18H18ClNO4S2/c19-14-6-4-5-13(11-14)12-15(18(21)22)16-7-8-17(25-16)26(23,24)20-9-2-1-3-10-20/h4-8,11-12H,1-3,9-10H2,(H,21,22)/b15-12+. The fraction of sp³-hybridized carbons (Fsp3) is 0.278. The summed E-state index contributed by atoms with van der Waals surface area (Å²) >= 11 is 6.93. The van der Waals surface area contributed by atoms with Crippen molar-refractivity contribution in [1.82, 2.24) is 4.31 Å². The van der Waals surface area contributed by atoms with Gasteiger partial charge in [-0.2, -0.15) is 4.31 Å². The first-order valence-electron chi connectivity index (χ1n) is 8.19. The zero-order chi connectivity index (χ0) is 18.7. The minimum atomic E-state index is -3.57. The molecule has 0 bridgehead atoms. The van der Waals surface area contributed by atoms with E-state index in [2.05, 4.69) is 0 Å². The largest absolute Gasteiger partial charge is 0.478 e. The van der Waals surface area contributed by atoms with Crippen LogP contribution in [0.25, 0.3) is 11.6 Å². The van der Waals surface area contributed by atoms with Crippen LogP contribution in [0.3, 0.4) is 0 Å². The van der Waals surface area contributed by atoms with Crippen molar-refractivity contribution in [2.75, 3.05) is 13.1 Å². The molecule has 3 rings (SSSR count). The van der Waals surface area contributed by atoms with Crippen LogP contribution in [0.1, 0.15) is 29.7 Å². The first-order chi connectivity index (χ1) is 12.4. The molecule has 26 heavy (non-hydrogen) atoms. The third kappa shape index (κ3) is 4.17. The smallest absolute Gasteiger partial charge is 0.337 e. The Labute approximate surface area is 161 Å². The van der Waals surface area contributed by atoms with E-state index in [1.807, 2.05) is 0 Å². The Morgan fingerprint density at radius 1 is 1.15 bits per heavy atom. The molecule has 1 aromatic heterocycles. The van der Waals surface area contributed by atoms with E-state index in [-0.39, 0.29) is 9.78 Å². The summed E-state index contributed by atoms with van der Waals surface area (Å²) in [7, 11) is -3.57. The van der Waals surface area contributed by atoms with Crippen molar-refractivity contribution in [2.45, 2.75) is 23.5 Å². The molecule has 0 atom stereocenters.